The molecular weight excluding hydrogens is 440 g/mol. The van der Waals surface area contributed by atoms with Gasteiger partial charge in [0.15, 0.2) is 0 Å². The van der Waals surface area contributed by atoms with Gasteiger partial charge in [-0.2, -0.15) is 0 Å². The molecule has 0 unspecified atom stereocenters. The van der Waals surface area contributed by atoms with E-state index in [0.717, 1.165) is 43.6 Å². The van der Waals surface area contributed by atoms with E-state index in [1.165, 1.54) is 25.3 Å². The van der Waals surface area contributed by atoms with Crippen molar-refractivity contribution in [1.29, 1.82) is 0 Å². The smallest absolute Gasteiger partial charge is 0.338 e. The third-order valence-corrected chi connectivity index (χ3v) is 6.43. The van der Waals surface area contributed by atoms with Crippen LogP contribution in [0.3, 0.4) is 0 Å². The van der Waals surface area contributed by atoms with Gasteiger partial charge in [0, 0.05) is 23.0 Å². The number of esters is 2. The fourth-order valence-electron chi connectivity index (χ4n) is 4.32. The van der Waals surface area contributed by atoms with E-state index in [2.05, 4.69) is 6.58 Å². The average molecular weight is 477 g/mol. The molecular formula is C29H36N2O4. The first-order valence-electron chi connectivity index (χ1n) is 12.3. The second-order valence-electron chi connectivity index (χ2n) is 9.14. The molecule has 6 heteroatoms. The highest BCUT2D eigenvalue weighted by Gasteiger charge is 2.24. The molecule has 0 bridgehead atoms. The van der Waals surface area contributed by atoms with Gasteiger partial charge in [0.1, 0.15) is 12.7 Å². The zero-order valence-electron chi connectivity index (χ0n) is 20.3. The van der Waals surface area contributed by atoms with Crippen molar-refractivity contribution in [2.24, 2.45) is 5.92 Å². The number of carbonyl (C=O) groups excluding carboxylic acids is 2. The molecule has 1 fully saturated rings. The number of unbranched alkanes of at least 4 members (excludes halogenated alkanes) is 2. The van der Waals surface area contributed by atoms with E-state index in [9.17, 15) is 9.59 Å². The standard InChI is InChI=1S/C29H36N2O4/c1-2-3-4-5-6-21-9-15-26(16-10-21)35-29(33)23-12-7-22(8-13-23)11-18-28(32)34-20-24-19-25(30)14-17-27(24)31/h2,7-8,11-14,17-19,21,26H,1,3-6,9-10,15-16,20,30-31H2/b18-11+. The Hall–Kier alpha value is -3.54. The third-order valence-electron chi connectivity index (χ3n) is 6.43. The Balaban J connectivity index is 1.41. The van der Waals surface area contributed by atoms with Gasteiger partial charge in [-0.3, -0.25) is 0 Å². The number of benzene rings is 2. The van der Waals surface area contributed by atoms with Gasteiger partial charge < -0.3 is 20.9 Å². The van der Waals surface area contributed by atoms with E-state index in [1.807, 2.05) is 6.08 Å². The number of carbonyl (C=O) groups is 2. The van der Waals surface area contributed by atoms with Crippen molar-refractivity contribution in [3.63, 3.8) is 0 Å². The van der Waals surface area contributed by atoms with Crippen molar-refractivity contribution in [2.45, 2.75) is 64.1 Å². The molecule has 0 aromatic heterocycles. The summed E-state index contributed by atoms with van der Waals surface area (Å²) in [6.07, 6.45) is 13.9. The van der Waals surface area contributed by atoms with Crippen LogP contribution in [-0.2, 0) is 20.9 Å². The Morgan fingerprint density at radius 1 is 1.00 bits per heavy atom. The molecule has 2 aromatic rings. The Morgan fingerprint density at radius 3 is 2.46 bits per heavy atom. The topological polar surface area (TPSA) is 105 Å². The molecule has 3 rings (SSSR count). The summed E-state index contributed by atoms with van der Waals surface area (Å²) in [6, 6.07) is 12.0. The van der Waals surface area contributed by atoms with Crippen molar-refractivity contribution in [3.8, 4) is 0 Å². The highest BCUT2D eigenvalue weighted by molar-refractivity contribution is 5.90. The van der Waals surface area contributed by atoms with Crippen LogP contribution in [0.1, 0.15) is 72.9 Å². The molecule has 186 valence electrons. The first-order chi connectivity index (χ1) is 16.9. The van der Waals surface area contributed by atoms with Crippen LogP contribution in [0.2, 0.25) is 0 Å². The minimum atomic E-state index is -0.494. The second-order valence-corrected chi connectivity index (χ2v) is 9.14. The highest BCUT2D eigenvalue weighted by Crippen LogP contribution is 2.30. The number of rotatable bonds is 11. The van der Waals surface area contributed by atoms with Gasteiger partial charge in [0.05, 0.1) is 5.56 Å². The molecule has 0 radical (unpaired) electrons. The van der Waals surface area contributed by atoms with Gasteiger partial charge in [-0.15, -0.1) is 6.58 Å². The molecule has 0 aliphatic heterocycles. The number of nitrogens with two attached hydrogens (primary N) is 2. The van der Waals surface area contributed by atoms with Crippen molar-refractivity contribution in [1.82, 2.24) is 0 Å². The molecule has 2 aromatic carbocycles. The molecule has 0 amide bonds. The van der Waals surface area contributed by atoms with Crippen LogP contribution in [0, 0.1) is 5.92 Å². The van der Waals surface area contributed by atoms with E-state index in [4.69, 9.17) is 20.9 Å². The maximum atomic E-state index is 12.5. The Morgan fingerprint density at radius 2 is 1.74 bits per heavy atom. The molecule has 0 saturated heterocycles. The van der Waals surface area contributed by atoms with Crippen LogP contribution >= 0.6 is 0 Å². The van der Waals surface area contributed by atoms with Gasteiger partial charge in [-0.25, -0.2) is 9.59 Å². The SMILES string of the molecule is C=CCCCCC1CCC(OC(=O)c2ccc(/C=C/C(=O)OCc3cc(N)ccc3N)cc2)CC1. The van der Waals surface area contributed by atoms with Crippen LogP contribution < -0.4 is 11.5 Å². The van der Waals surface area contributed by atoms with Crippen LogP contribution in [0.4, 0.5) is 11.4 Å². The quantitative estimate of drug-likeness (QED) is 0.134. The molecule has 1 aliphatic rings. The summed E-state index contributed by atoms with van der Waals surface area (Å²) in [5.74, 6) is -0.0450. The molecule has 35 heavy (non-hydrogen) atoms. The lowest BCUT2D eigenvalue weighted by molar-refractivity contribution is -0.138. The van der Waals surface area contributed by atoms with Crippen LogP contribution in [-0.4, -0.2) is 18.0 Å². The van der Waals surface area contributed by atoms with Crippen LogP contribution in [0.25, 0.3) is 6.08 Å². The average Bonchev–Trinajstić information content (AvgIpc) is 2.87. The fourth-order valence-corrected chi connectivity index (χ4v) is 4.32. The number of hydrogen-bond acceptors (Lipinski definition) is 6. The molecule has 1 saturated carbocycles. The van der Waals surface area contributed by atoms with Gasteiger partial charge >= 0.3 is 11.9 Å². The Bertz CT molecular complexity index is 1020. The number of allylic oxidation sites excluding steroid dienone is 1. The van der Waals surface area contributed by atoms with Crippen molar-refractivity contribution < 1.29 is 19.1 Å². The Labute approximate surface area is 208 Å². The third kappa shape index (κ3) is 8.63. The summed E-state index contributed by atoms with van der Waals surface area (Å²) in [5, 5.41) is 0. The van der Waals surface area contributed by atoms with Crippen molar-refractivity contribution in [3.05, 3.63) is 77.9 Å². The van der Waals surface area contributed by atoms with Crippen LogP contribution in [0.15, 0.2) is 61.2 Å². The molecule has 1 aliphatic carbocycles. The molecule has 6 nitrogen and oxygen atoms in total. The van der Waals surface area contributed by atoms with E-state index >= 15 is 0 Å². The van der Waals surface area contributed by atoms with E-state index in [1.54, 1.807) is 48.5 Å². The van der Waals surface area contributed by atoms with Crippen LogP contribution in [0.5, 0.6) is 0 Å². The minimum absolute atomic E-state index is 0.00438. The van der Waals surface area contributed by atoms with E-state index in [-0.39, 0.29) is 18.7 Å². The normalized spacial score (nSPS) is 17.7. The number of anilines is 2. The summed E-state index contributed by atoms with van der Waals surface area (Å²) in [4.78, 5) is 24.6. The maximum absolute atomic E-state index is 12.5. The summed E-state index contributed by atoms with van der Waals surface area (Å²) in [5.41, 5.74) is 14.6. The number of nitrogen functional groups attached to an aromatic ring is 2. The van der Waals surface area contributed by atoms with Crippen molar-refractivity contribution >= 4 is 29.4 Å². The lowest BCUT2D eigenvalue weighted by Crippen LogP contribution is -2.24. The molecule has 0 heterocycles. The predicted octanol–water partition coefficient (Wildman–Crippen LogP) is 6.07. The summed E-state index contributed by atoms with van der Waals surface area (Å²) < 4.78 is 11.0. The predicted molar refractivity (Wildman–Crippen MR) is 140 cm³/mol. The summed E-state index contributed by atoms with van der Waals surface area (Å²) >= 11 is 0. The van der Waals surface area contributed by atoms with Crippen molar-refractivity contribution in [2.75, 3.05) is 11.5 Å². The second kappa shape index (κ2) is 13.4. The summed E-state index contributed by atoms with van der Waals surface area (Å²) in [7, 11) is 0. The number of ether oxygens (including phenoxy) is 2. The Kier molecular flexibility index (Phi) is 9.96. The molecule has 4 N–H and O–H groups in total. The van der Waals surface area contributed by atoms with Gasteiger partial charge in [0.25, 0.3) is 0 Å². The van der Waals surface area contributed by atoms with Gasteiger partial charge in [-0.1, -0.05) is 31.1 Å². The van der Waals surface area contributed by atoms with E-state index < -0.39 is 5.97 Å². The van der Waals surface area contributed by atoms with E-state index in [0.29, 0.717) is 22.5 Å². The highest BCUT2D eigenvalue weighted by atomic mass is 16.5. The zero-order chi connectivity index (χ0) is 25.0. The lowest BCUT2D eigenvalue weighted by Gasteiger charge is -2.28. The first kappa shape index (κ1) is 26.1. The molecule has 0 atom stereocenters. The monoisotopic (exact) mass is 476 g/mol. The summed E-state index contributed by atoms with van der Waals surface area (Å²) in [6.45, 7) is 3.82. The fraction of sp³-hybridized carbons (Fsp3) is 0.379. The van der Waals surface area contributed by atoms with Gasteiger partial charge in [-0.05, 0) is 86.4 Å². The zero-order valence-corrected chi connectivity index (χ0v) is 20.3. The minimum Gasteiger partial charge on any atom is -0.459 e. The molecule has 0 spiro atoms. The largest absolute Gasteiger partial charge is 0.459 e. The lowest BCUT2D eigenvalue weighted by atomic mass is 9.84. The first-order valence-corrected chi connectivity index (χ1v) is 12.3. The maximum Gasteiger partial charge on any atom is 0.338 e. The van der Waals surface area contributed by atoms with Gasteiger partial charge in [0.2, 0.25) is 0 Å². The number of hydrogen-bond donors (Lipinski definition) is 2.